The molecule has 0 aromatic heterocycles. The smallest absolute Gasteiger partial charge is 0.127 e. The molecule has 96 valence electrons. The molecule has 4 rings (SSSR count). The van der Waals surface area contributed by atoms with Gasteiger partial charge in [-0.2, -0.15) is 0 Å². The lowest BCUT2D eigenvalue weighted by Crippen LogP contribution is -2.01. The Kier molecular flexibility index (Phi) is 2.46. The average molecular weight is 260 g/mol. The van der Waals surface area contributed by atoms with Crippen molar-refractivity contribution in [3.05, 3.63) is 95.3 Å². The summed E-state index contributed by atoms with van der Waals surface area (Å²) in [5.74, 6) is -0.132. The van der Waals surface area contributed by atoms with Crippen LogP contribution in [-0.2, 0) is 0 Å². The summed E-state index contributed by atoms with van der Waals surface area (Å²) in [5, 5.41) is 0. The fourth-order valence-corrected chi connectivity index (χ4v) is 3.20. The SMILES string of the molecule is Fc1ccccc1C1c2ccccc2-c2ccccc21. The molecule has 0 spiro atoms. The van der Waals surface area contributed by atoms with Crippen molar-refractivity contribution in [1.29, 1.82) is 0 Å². The van der Waals surface area contributed by atoms with Gasteiger partial charge in [-0.05, 0) is 33.9 Å². The lowest BCUT2D eigenvalue weighted by molar-refractivity contribution is 0.608. The van der Waals surface area contributed by atoms with E-state index in [1.165, 1.54) is 22.3 Å². The molecule has 1 aliphatic carbocycles. The van der Waals surface area contributed by atoms with Gasteiger partial charge in [0.05, 0.1) is 0 Å². The highest BCUT2D eigenvalue weighted by atomic mass is 19.1. The fraction of sp³-hybridized carbons (Fsp3) is 0.0526. The van der Waals surface area contributed by atoms with Crippen LogP contribution in [0.2, 0.25) is 0 Å². The van der Waals surface area contributed by atoms with E-state index in [0.29, 0.717) is 0 Å². The predicted molar refractivity (Wildman–Crippen MR) is 79.2 cm³/mol. The maximum atomic E-state index is 14.2. The minimum absolute atomic E-state index is 0.00333. The number of hydrogen-bond donors (Lipinski definition) is 0. The Labute approximate surface area is 117 Å². The summed E-state index contributed by atoms with van der Waals surface area (Å²) in [6.45, 7) is 0. The molecule has 0 heterocycles. The van der Waals surface area contributed by atoms with Crippen molar-refractivity contribution in [2.75, 3.05) is 0 Å². The molecule has 0 aliphatic heterocycles. The molecule has 0 amide bonds. The van der Waals surface area contributed by atoms with Crippen LogP contribution in [0.15, 0.2) is 72.8 Å². The van der Waals surface area contributed by atoms with Crippen molar-refractivity contribution in [3.8, 4) is 11.1 Å². The minimum Gasteiger partial charge on any atom is -0.207 e. The van der Waals surface area contributed by atoms with E-state index in [9.17, 15) is 4.39 Å². The number of benzene rings is 3. The Morgan fingerprint density at radius 1 is 0.550 bits per heavy atom. The van der Waals surface area contributed by atoms with Gasteiger partial charge >= 0.3 is 0 Å². The normalized spacial score (nSPS) is 13.1. The zero-order chi connectivity index (χ0) is 13.5. The second-order valence-electron chi connectivity index (χ2n) is 5.13. The lowest BCUT2D eigenvalue weighted by Gasteiger charge is -2.14. The molecule has 1 aliphatic rings. The number of rotatable bonds is 1. The molecule has 0 radical (unpaired) electrons. The second kappa shape index (κ2) is 4.31. The van der Waals surface area contributed by atoms with Crippen LogP contribution in [-0.4, -0.2) is 0 Å². The van der Waals surface area contributed by atoms with Gasteiger partial charge in [0.25, 0.3) is 0 Å². The molecule has 0 atom stereocenters. The molecule has 0 saturated heterocycles. The summed E-state index contributed by atoms with van der Waals surface area (Å²) in [6.07, 6.45) is 0. The maximum Gasteiger partial charge on any atom is 0.127 e. The fourth-order valence-electron chi connectivity index (χ4n) is 3.20. The highest BCUT2D eigenvalue weighted by Crippen LogP contribution is 2.48. The van der Waals surface area contributed by atoms with Crippen molar-refractivity contribution in [1.82, 2.24) is 0 Å². The van der Waals surface area contributed by atoms with Gasteiger partial charge in [-0.15, -0.1) is 0 Å². The molecule has 0 N–H and O–H groups in total. The molecule has 0 saturated carbocycles. The first-order valence-electron chi connectivity index (χ1n) is 6.79. The zero-order valence-corrected chi connectivity index (χ0v) is 10.9. The van der Waals surface area contributed by atoms with Crippen molar-refractivity contribution < 1.29 is 4.39 Å². The monoisotopic (exact) mass is 260 g/mol. The van der Waals surface area contributed by atoms with Crippen molar-refractivity contribution in [2.45, 2.75) is 5.92 Å². The van der Waals surface area contributed by atoms with E-state index in [1.54, 1.807) is 12.1 Å². The van der Waals surface area contributed by atoms with Gasteiger partial charge in [-0.1, -0.05) is 66.7 Å². The molecule has 1 heteroatoms. The molecule has 3 aromatic rings. The summed E-state index contributed by atoms with van der Waals surface area (Å²) >= 11 is 0. The summed E-state index contributed by atoms with van der Waals surface area (Å²) in [5.41, 5.74) is 5.58. The standard InChI is InChI=1S/C19H13F/c20-18-12-6-5-11-17(18)19-15-9-3-1-7-13(15)14-8-2-4-10-16(14)19/h1-12,19H. The van der Waals surface area contributed by atoms with E-state index in [2.05, 4.69) is 24.3 Å². The van der Waals surface area contributed by atoms with Crippen molar-refractivity contribution in [2.24, 2.45) is 0 Å². The minimum atomic E-state index is -0.135. The van der Waals surface area contributed by atoms with Gasteiger partial charge in [0, 0.05) is 5.92 Å². The molecular formula is C19H13F. The van der Waals surface area contributed by atoms with Crippen LogP contribution in [0.1, 0.15) is 22.6 Å². The highest BCUT2D eigenvalue weighted by molar-refractivity contribution is 5.80. The Balaban J connectivity index is 2.03. The molecule has 0 fully saturated rings. The molecule has 0 unspecified atom stereocenters. The van der Waals surface area contributed by atoms with Gasteiger partial charge in [0.2, 0.25) is 0 Å². The Morgan fingerprint density at radius 3 is 1.55 bits per heavy atom. The maximum absolute atomic E-state index is 14.2. The van der Waals surface area contributed by atoms with E-state index >= 15 is 0 Å². The lowest BCUT2D eigenvalue weighted by atomic mass is 9.89. The number of hydrogen-bond acceptors (Lipinski definition) is 0. The number of halogens is 1. The largest absolute Gasteiger partial charge is 0.207 e. The third-order valence-electron chi connectivity index (χ3n) is 4.05. The summed E-state index contributed by atoms with van der Waals surface area (Å²) in [6, 6.07) is 23.7. The Morgan fingerprint density at radius 2 is 1.00 bits per heavy atom. The topological polar surface area (TPSA) is 0 Å². The second-order valence-corrected chi connectivity index (χ2v) is 5.13. The molecule has 20 heavy (non-hydrogen) atoms. The third kappa shape index (κ3) is 1.53. The third-order valence-corrected chi connectivity index (χ3v) is 4.05. The van der Waals surface area contributed by atoms with Gasteiger partial charge in [0.1, 0.15) is 5.82 Å². The van der Waals surface area contributed by atoms with Crippen LogP contribution < -0.4 is 0 Å². The van der Waals surface area contributed by atoms with Crippen LogP contribution in [0.4, 0.5) is 4.39 Å². The van der Waals surface area contributed by atoms with E-state index < -0.39 is 0 Å². The van der Waals surface area contributed by atoms with E-state index in [-0.39, 0.29) is 11.7 Å². The van der Waals surface area contributed by atoms with E-state index in [4.69, 9.17) is 0 Å². The molecule has 0 nitrogen and oxygen atoms in total. The van der Waals surface area contributed by atoms with Crippen LogP contribution in [0.5, 0.6) is 0 Å². The first-order chi connectivity index (χ1) is 9.86. The van der Waals surface area contributed by atoms with Crippen LogP contribution in [0.25, 0.3) is 11.1 Å². The Bertz CT molecular complexity index is 744. The quantitative estimate of drug-likeness (QED) is 0.452. The highest BCUT2D eigenvalue weighted by Gasteiger charge is 2.30. The van der Waals surface area contributed by atoms with E-state index in [0.717, 1.165) is 5.56 Å². The molecule has 3 aromatic carbocycles. The average Bonchev–Trinajstić information content (AvgIpc) is 2.83. The van der Waals surface area contributed by atoms with Crippen molar-refractivity contribution in [3.63, 3.8) is 0 Å². The van der Waals surface area contributed by atoms with Gasteiger partial charge in [-0.25, -0.2) is 4.39 Å². The molecular weight excluding hydrogens is 247 g/mol. The van der Waals surface area contributed by atoms with Crippen LogP contribution in [0.3, 0.4) is 0 Å². The van der Waals surface area contributed by atoms with Gasteiger partial charge in [-0.3, -0.25) is 0 Å². The first kappa shape index (κ1) is 11.4. The summed E-state index contributed by atoms with van der Waals surface area (Å²) < 4.78 is 14.2. The number of fused-ring (bicyclic) bond motifs is 3. The van der Waals surface area contributed by atoms with Gasteiger partial charge < -0.3 is 0 Å². The Hall–Kier alpha value is -2.41. The van der Waals surface area contributed by atoms with Gasteiger partial charge in [0.15, 0.2) is 0 Å². The van der Waals surface area contributed by atoms with Crippen LogP contribution in [0, 0.1) is 5.82 Å². The molecule has 0 bridgehead atoms. The van der Waals surface area contributed by atoms with Crippen LogP contribution >= 0.6 is 0 Å². The summed E-state index contributed by atoms with van der Waals surface area (Å²) in [4.78, 5) is 0. The van der Waals surface area contributed by atoms with Crippen molar-refractivity contribution >= 4 is 0 Å². The first-order valence-corrected chi connectivity index (χ1v) is 6.79. The van der Waals surface area contributed by atoms with E-state index in [1.807, 2.05) is 36.4 Å². The predicted octanol–water partition coefficient (Wildman–Crippen LogP) is 4.99. The summed E-state index contributed by atoms with van der Waals surface area (Å²) in [7, 11) is 0. The zero-order valence-electron chi connectivity index (χ0n) is 10.9.